The number of amides is 1. The van der Waals surface area contributed by atoms with Gasteiger partial charge in [0, 0.05) is 3.57 Å². The predicted octanol–water partition coefficient (Wildman–Crippen LogP) is 3.74. The fourth-order valence-corrected chi connectivity index (χ4v) is 2.66. The van der Waals surface area contributed by atoms with E-state index < -0.39 is 34.9 Å². The maximum Gasteiger partial charge on any atom is 0.241 e. The molecule has 0 spiro atoms. The first-order chi connectivity index (χ1) is 11.2. The number of carbonyl (C=O) groups is 2. The molecule has 24 heavy (non-hydrogen) atoms. The predicted molar refractivity (Wildman–Crippen MR) is 96.2 cm³/mol. The monoisotopic (exact) mass is 464 g/mol. The first kappa shape index (κ1) is 18.8. The van der Waals surface area contributed by atoms with Crippen molar-refractivity contribution < 1.29 is 18.4 Å². The normalized spacial score (nSPS) is 11.9. The molecule has 1 atom stereocenters. The summed E-state index contributed by atoms with van der Waals surface area (Å²) in [7, 11) is 0. The molecule has 8 heteroatoms. The molecule has 2 rings (SSSR count). The molecule has 0 saturated heterocycles. The Bertz CT molecular complexity index is 808. The largest absolute Gasteiger partial charge is 0.324 e. The van der Waals surface area contributed by atoms with Gasteiger partial charge >= 0.3 is 0 Å². The Morgan fingerprint density at radius 2 is 1.75 bits per heavy atom. The van der Waals surface area contributed by atoms with Crippen LogP contribution in [0.2, 0.25) is 5.02 Å². The second kappa shape index (κ2) is 7.54. The lowest BCUT2D eigenvalue weighted by atomic mass is 10.00. The van der Waals surface area contributed by atoms with Gasteiger partial charge in [0.2, 0.25) is 11.7 Å². The zero-order valence-electron chi connectivity index (χ0n) is 12.4. The third-order valence-electron chi connectivity index (χ3n) is 3.18. The zero-order valence-corrected chi connectivity index (χ0v) is 15.3. The van der Waals surface area contributed by atoms with Gasteiger partial charge in [0.1, 0.15) is 11.6 Å². The van der Waals surface area contributed by atoms with Crippen molar-refractivity contribution in [3.8, 4) is 0 Å². The number of nitrogens with two attached hydrogens (primary N) is 1. The van der Waals surface area contributed by atoms with Gasteiger partial charge in [-0.05, 0) is 53.8 Å². The van der Waals surface area contributed by atoms with E-state index in [0.29, 0.717) is 3.57 Å². The Kier molecular flexibility index (Phi) is 5.89. The van der Waals surface area contributed by atoms with Gasteiger partial charge in [-0.3, -0.25) is 9.59 Å². The van der Waals surface area contributed by atoms with Crippen LogP contribution in [0.4, 0.5) is 14.5 Å². The minimum Gasteiger partial charge on any atom is -0.324 e. The number of ketones is 1. The highest BCUT2D eigenvalue weighted by Crippen LogP contribution is 2.32. The van der Waals surface area contributed by atoms with Crippen molar-refractivity contribution >= 4 is 51.6 Å². The number of hydrogen-bond donors (Lipinski definition) is 2. The first-order valence-electron chi connectivity index (χ1n) is 6.77. The summed E-state index contributed by atoms with van der Waals surface area (Å²) in [5, 5.41) is 2.44. The average Bonchev–Trinajstić information content (AvgIpc) is 2.50. The number of benzene rings is 2. The molecule has 1 unspecified atom stereocenters. The van der Waals surface area contributed by atoms with Crippen molar-refractivity contribution in [2.45, 2.75) is 13.0 Å². The van der Waals surface area contributed by atoms with E-state index in [0.717, 1.165) is 18.2 Å². The van der Waals surface area contributed by atoms with Gasteiger partial charge < -0.3 is 11.1 Å². The molecule has 0 aromatic heterocycles. The molecule has 0 aliphatic carbocycles. The standard InChI is InChI=1S/C16H12ClF2IN2O2/c1-7(21)16(24)22-11-6-5-10(20)14(17)13(11)15(23)12-8(18)3-2-4-9(12)19/h2-7H,21H2,1H3,(H,22,24). The second-order valence-corrected chi connectivity index (χ2v) is 6.53. The Morgan fingerprint density at radius 3 is 2.29 bits per heavy atom. The third-order valence-corrected chi connectivity index (χ3v) is 4.79. The molecule has 3 N–H and O–H groups in total. The Hall–Kier alpha value is -1.58. The summed E-state index contributed by atoms with van der Waals surface area (Å²) < 4.78 is 28.3. The lowest BCUT2D eigenvalue weighted by Crippen LogP contribution is -2.33. The molecular weight excluding hydrogens is 453 g/mol. The lowest BCUT2D eigenvalue weighted by molar-refractivity contribution is -0.117. The molecule has 2 aromatic rings. The van der Waals surface area contributed by atoms with Crippen LogP contribution < -0.4 is 11.1 Å². The van der Waals surface area contributed by atoms with Gasteiger partial charge in [-0.1, -0.05) is 17.7 Å². The molecule has 0 radical (unpaired) electrons. The highest BCUT2D eigenvalue weighted by atomic mass is 127. The SMILES string of the molecule is CC(N)C(=O)Nc1ccc(I)c(Cl)c1C(=O)c1c(F)cccc1F. The lowest BCUT2D eigenvalue weighted by Gasteiger charge is -2.15. The molecule has 0 bridgehead atoms. The number of halogens is 4. The molecule has 4 nitrogen and oxygen atoms in total. The van der Waals surface area contributed by atoms with Crippen molar-refractivity contribution in [3.63, 3.8) is 0 Å². The number of anilines is 1. The molecule has 0 aliphatic rings. The van der Waals surface area contributed by atoms with Crippen LogP contribution in [0.25, 0.3) is 0 Å². The third kappa shape index (κ3) is 3.73. The summed E-state index contributed by atoms with van der Waals surface area (Å²) >= 11 is 8.03. The summed E-state index contributed by atoms with van der Waals surface area (Å²) in [5.74, 6) is -3.55. The molecule has 0 aliphatic heterocycles. The summed E-state index contributed by atoms with van der Waals surface area (Å²) in [5.41, 5.74) is 4.59. The van der Waals surface area contributed by atoms with Crippen LogP contribution >= 0.6 is 34.2 Å². The zero-order chi connectivity index (χ0) is 18.0. The summed E-state index contributed by atoms with van der Waals surface area (Å²) in [6.45, 7) is 1.46. The number of hydrogen-bond acceptors (Lipinski definition) is 3. The van der Waals surface area contributed by atoms with Crippen LogP contribution in [0, 0.1) is 15.2 Å². The van der Waals surface area contributed by atoms with Crippen molar-refractivity contribution in [2.75, 3.05) is 5.32 Å². The van der Waals surface area contributed by atoms with E-state index in [1.54, 1.807) is 6.07 Å². The molecule has 2 aromatic carbocycles. The van der Waals surface area contributed by atoms with E-state index in [2.05, 4.69) is 5.32 Å². The van der Waals surface area contributed by atoms with Crippen LogP contribution in [-0.4, -0.2) is 17.7 Å². The Morgan fingerprint density at radius 1 is 1.17 bits per heavy atom. The maximum absolute atomic E-state index is 13.9. The smallest absolute Gasteiger partial charge is 0.241 e. The van der Waals surface area contributed by atoms with Crippen LogP contribution in [0.1, 0.15) is 22.8 Å². The average molecular weight is 465 g/mol. The maximum atomic E-state index is 13.9. The fourth-order valence-electron chi connectivity index (χ4n) is 1.96. The van der Waals surface area contributed by atoms with E-state index in [-0.39, 0.29) is 16.3 Å². The minimum absolute atomic E-state index is 0.00859. The number of rotatable bonds is 4. The van der Waals surface area contributed by atoms with E-state index in [1.165, 1.54) is 13.0 Å². The van der Waals surface area contributed by atoms with E-state index in [9.17, 15) is 18.4 Å². The van der Waals surface area contributed by atoms with Gasteiger partial charge in [0.05, 0.1) is 27.9 Å². The number of carbonyl (C=O) groups excluding carboxylic acids is 2. The second-order valence-electron chi connectivity index (χ2n) is 4.99. The van der Waals surface area contributed by atoms with Crippen molar-refractivity contribution in [2.24, 2.45) is 5.73 Å². The summed E-state index contributed by atoms with van der Waals surface area (Å²) in [4.78, 5) is 24.5. The Balaban J connectivity index is 2.62. The van der Waals surface area contributed by atoms with Crippen molar-refractivity contribution in [1.29, 1.82) is 0 Å². The van der Waals surface area contributed by atoms with Gasteiger partial charge in [0.25, 0.3) is 0 Å². The van der Waals surface area contributed by atoms with Crippen LogP contribution in [0.5, 0.6) is 0 Å². The quantitative estimate of drug-likeness (QED) is 0.535. The van der Waals surface area contributed by atoms with Crippen LogP contribution in [0.3, 0.4) is 0 Å². The molecule has 126 valence electrons. The number of nitrogens with one attached hydrogen (secondary N) is 1. The molecule has 0 heterocycles. The van der Waals surface area contributed by atoms with E-state index in [1.807, 2.05) is 22.6 Å². The topological polar surface area (TPSA) is 72.2 Å². The van der Waals surface area contributed by atoms with Gasteiger partial charge in [-0.15, -0.1) is 0 Å². The molecule has 0 fully saturated rings. The summed E-state index contributed by atoms with van der Waals surface area (Å²) in [6.07, 6.45) is 0. The Labute approximate surface area is 155 Å². The highest BCUT2D eigenvalue weighted by Gasteiger charge is 2.26. The minimum atomic E-state index is -1.01. The van der Waals surface area contributed by atoms with Crippen LogP contribution in [-0.2, 0) is 4.79 Å². The van der Waals surface area contributed by atoms with Gasteiger partial charge in [-0.2, -0.15) is 0 Å². The van der Waals surface area contributed by atoms with Crippen molar-refractivity contribution in [1.82, 2.24) is 0 Å². The van der Waals surface area contributed by atoms with E-state index in [4.69, 9.17) is 17.3 Å². The molecule has 1 amide bonds. The fraction of sp³-hybridized carbons (Fsp3) is 0.125. The first-order valence-corrected chi connectivity index (χ1v) is 8.22. The van der Waals surface area contributed by atoms with Crippen LogP contribution in [0.15, 0.2) is 30.3 Å². The van der Waals surface area contributed by atoms with Gasteiger partial charge in [-0.25, -0.2) is 8.78 Å². The van der Waals surface area contributed by atoms with E-state index >= 15 is 0 Å². The molecule has 0 saturated carbocycles. The van der Waals surface area contributed by atoms with Gasteiger partial charge in [0.15, 0.2) is 0 Å². The summed E-state index contributed by atoms with van der Waals surface area (Å²) in [6, 6.07) is 5.25. The van der Waals surface area contributed by atoms with Crippen molar-refractivity contribution in [3.05, 3.63) is 61.7 Å². The molecular formula is C16H12ClF2IN2O2. The highest BCUT2D eigenvalue weighted by molar-refractivity contribution is 14.1.